The molecule has 5 heteroatoms. The Labute approximate surface area is 169 Å². The van der Waals surface area contributed by atoms with Crippen molar-refractivity contribution in [2.45, 2.75) is 78.2 Å². The van der Waals surface area contributed by atoms with E-state index < -0.39 is 7.92 Å². The molecule has 1 radical (unpaired) electrons. The molecule has 1 aliphatic rings. The van der Waals surface area contributed by atoms with Crippen LogP contribution in [-0.2, 0) is 24.3 Å². The molecule has 25 heavy (non-hydrogen) atoms. The Kier molecular flexibility index (Phi) is 11.4. The Balaban J connectivity index is 0. The predicted molar refractivity (Wildman–Crippen MR) is 113 cm³/mol. The Morgan fingerprint density at radius 2 is 1.52 bits per heavy atom. The number of rotatable bonds is 3. The average molecular weight is 453 g/mol. The molecule has 3 nitrogen and oxygen atoms in total. The van der Waals surface area contributed by atoms with E-state index in [1.165, 1.54) is 5.70 Å². The second-order valence-corrected chi connectivity index (χ2v) is 13.4. The van der Waals surface area contributed by atoms with Crippen molar-refractivity contribution in [3.63, 3.8) is 0 Å². The van der Waals surface area contributed by atoms with Gasteiger partial charge < -0.3 is 15.4 Å². The molecule has 144 valence electrons. The second kappa shape index (κ2) is 10.6. The minimum absolute atomic E-state index is 0. The first-order valence-corrected chi connectivity index (χ1v) is 10.1. The molecular weight excluding hydrogens is 416 g/mol. The zero-order chi connectivity index (χ0) is 19.2. The molecule has 0 unspecified atom stereocenters. The number of allylic oxidation sites excluding steroid dienone is 4. The maximum absolute atomic E-state index is 7.75. The van der Waals surface area contributed by atoms with Crippen LogP contribution in [0, 0.1) is 0 Å². The standard InChI is InChI=1S/C19H33N2P.CHO.Ru.H/c1-17(2,3)20-13-15-11-10-12-16(21-15)14-22(18(4,5)6)19(7,8)9;1-2;;/h10-13H,14H2,1-9H3;1H;;/q-2;-1;+3;/p+1. The summed E-state index contributed by atoms with van der Waals surface area (Å²) in [5.74, 6) is 0. The fourth-order valence-corrected chi connectivity index (χ4v) is 6.63. The summed E-state index contributed by atoms with van der Waals surface area (Å²) in [5.41, 5.74) is 2.12. The van der Waals surface area contributed by atoms with Gasteiger partial charge in [-0.2, -0.15) is 11.9 Å². The van der Waals surface area contributed by atoms with Gasteiger partial charge in [0.15, 0.2) is 0 Å². The first-order valence-electron chi connectivity index (χ1n) is 8.40. The fourth-order valence-electron chi connectivity index (χ4n) is 2.76. The van der Waals surface area contributed by atoms with Gasteiger partial charge >= 0.3 is 19.5 Å². The van der Waals surface area contributed by atoms with Crippen molar-refractivity contribution in [2.75, 3.05) is 6.16 Å². The van der Waals surface area contributed by atoms with Gasteiger partial charge in [-0.15, -0.1) is 11.2 Å². The van der Waals surface area contributed by atoms with Crippen molar-refractivity contribution >= 4 is 14.7 Å². The van der Waals surface area contributed by atoms with E-state index in [4.69, 9.17) is 10.1 Å². The van der Waals surface area contributed by atoms with Gasteiger partial charge in [0.1, 0.15) is 0 Å². The Bertz CT molecular complexity index is 477. The summed E-state index contributed by atoms with van der Waals surface area (Å²) in [6.07, 6.45) is 9.33. The molecule has 1 rings (SSSR count). The SMILES string of the molecule is CC(C)(C)[N-]C=C1C=CC=C(C[PH+](C(C)(C)C)C(C)(C)C)[N-]1.[CH-]=O.[RuH+3]. The number of nitrogens with zero attached hydrogens (tertiary/aromatic N) is 2. The van der Waals surface area contributed by atoms with Gasteiger partial charge in [0.05, 0.1) is 16.5 Å². The van der Waals surface area contributed by atoms with Gasteiger partial charge in [-0.05, 0) is 41.5 Å². The molecule has 0 bridgehead atoms. The summed E-state index contributed by atoms with van der Waals surface area (Å²) in [7, 11) is -0.594. The normalized spacial score (nSPS) is 16.4. The zero-order valence-corrected chi connectivity index (χ0v) is 20.1. The Morgan fingerprint density at radius 1 is 1.04 bits per heavy atom. The Hall–Kier alpha value is -0.457. The summed E-state index contributed by atoms with van der Waals surface area (Å²) in [6, 6.07) is 0. The van der Waals surface area contributed by atoms with E-state index in [0.717, 1.165) is 11.9 Å². The third kappa shape index (κ3) is 11.0. The van der Waals surface area contributed by atoms with Crippen molar-refractivity contribution in [1.82, 2.24) is 0 Å². The summed E-state index contributed by atoms with van der Waals surface area (Å²) in [4.78, 5) is 7.75. The number of carbonyl (C=O) groups excluding carboxylic acids is 1. The number of hydrogen-bond donors (Lipinski definition) is 0. The van der Waals surface area contributed by atoms with Gasteiger partial charge in [-0.1, -0.05) is 39.0 Å². The van der Waals surface area contributed by atoms with Crippen LogP contribution in [0.15, 0.2) is 35.8 Å². The first kappa shape index (κ1) is 26.8. The van der Waals surface area contributed by atoms with Gasteiger partial charge in [0.2, 0.25) is 0 Å². The van der Waals surface area contributed by atoms with Crippen LogP contribution >= 0.6 is 7.92 Å². The van der Waals surface area contributed by atoms with E-state index in [9.17, 15) is 0 Å². The monoisotopic (exact) mass is 453 g/mol. The first-order chi connectivity index (χ1) is 10.8. The van der Waals surface area contributed by atoms with Crippen molar-refractivity contribution < 1.29 is 24.3 Å². The van der Waals surface area contributed by atoms with Crippen LogP contribution in [-0.4, -0.2) is 28.8 Å². The van der Waals surface area contributed by atoms with Crippen molar-refractivity contribution in [1.29, 1.82) is 0 Å². The van der Waals surface area contributed by atoms with E-state index >= 15 is 0 Å². The topological polar surface area (TPSA) is 45.3 Å². The van der Waals surface area contributed by atoms with Gasteiger partial charge in [0.25, 0.3) is 0 Å². The molecular formula is C20H36N2OPRu+. The fraction of sp³-hybridized carbons (Fsp3) is 0.650. The third-order valence-corrected chi connectivity index (χ3v) is 7.92. The summed E-state index contributed by atoms with van der Waals surface area (Å²) in [6.45, 7) is 23.8. The zero-order valence-electron chi connectivity index (χ0n) is 17.3. The third-order valence-electron chi connectivity index (χ3n) is 3.58. The minimum atomic E-state index is -0.594. The van der Waals surface area contributed by atoms with Gasteiger partial charge in [-0.25, -0.2) is 0 Å². The molecule has 0 N–H and O–H groups in total. The summed E-state index contributed by atoms with van der Waals surface area (Å²) >= 11 is 0. The van der Waals surface area contributed by atoms with Crippen molar-refractivity contribution in [3.8, 4) is 0 Å². The molecule has 1 aliphatic heterocycles. The molecule has 0 fully saturated rings. The Morgan fingerprint density at radius 3 is 1.92 bits per heavy atom. The quantitative estimate of drug-likeness (QED) is 0.221. The van der Waals surface area contributed by atoms with Crippen LogP contribution in [0.3, 0.4) is 0 Å². The van der Waals surface area contributed by atoms with E-state index in [1.54, 1.807) is 0 Å². The van der Waals surface area contributed by atoms with Crippen LogP contribution in [0.4, 0.5) is 0 Å². The van der Waals surface area contributed by atoms with Gasteiger partial charge in [0, 0.05) is 7.92 Å². The van der Waals surface area contributed by atoms with Crippen LogP contribution in [0.2, 0.25) is 0 Å². The number of hydrogen-bond acceptors (Lipinski definition) is 1. The average Bonchev–Trinajstić information content (AvgIpc) is 2.42. The molecule has 1 heterocycles. The predicted octanol–water partition coefficient (Wildman–Crippen LogP) is 6.09. The van der Waals surface area contributed by atoms with E-state index in [0.29, 0.717) is 10.3 Å². The molecule has 0 spiro atoms. The van der Waals surface area contributed by atoms with Crippen molar-refractivity contribution in [3.05, 3.63) is 46.5 Å². The van der Waals surface area contributed by atoms with E-state index in [2.05, 4.69) is 86.6 Å². The second-order valence-electron chi connectivity index (χ2n) is 9.14. The van der Waals surface area contributed by atoms with Crippen LogP contribution in [0.25, 0.3) is 10.6 Å². The van der Waals surface area contributed by atoms with Gasteiger partial charge in [-0.3, -0.25) is 6.79 Å². The molecule has 0 aromatic rings. The molecule has 0 saturated heterocycles. The maximum atomic E-state index is 7.75. The molecule has 0 aromatic carbocycles. The molecule has 0 aromatic heterocycles. The van der Waals surface area contributed by atoms with E-state index in [1.807, 2.05) is 12.3 Å². The van der Waals surface area contributed by atoms with Crippen LogP contribution in [0.1, 0.15) is 62.3 Å². The van der Waals surface area contributed by atoms with Crippen LogP contribution < -0.4 is 0 Å². The summed E-state index contributed by atoms with van der Waals surface area (Å²) in [5, 5.41) is 10.1. The van der Waals surface area contributed by atoms with Crippen LogP contribution in [0.5, 0.6) is 0 Å². The molecule has 0 aliphatic carbocycles. The molecule has 0 atom stereocenters. The summed E-state index contributed by atoms with van der Waals surface area (Å²) < 4.78 is 0. The van der Waals surface area contributed by atoms with Crippen molar-refractivity contribution in [2.24, 2.45) is 0 Å². The van der Waals surface area contributed by atoms with E-state index in [-0.39, 0.29) is 25.0 Å². The molecule has 0 saturated carbocycles. The molecule has 0 amide bonds.